The lowest BCUT2D eigenvalue weighted by atomic mass is 10.0. The quantitative estimate of drug-likeness (QED) is 0.458. The van der Waals surface area contributed by atoms with Crippen LogP contribution in [0.3, 0.4) is 0 Å². The van der Waals surface area contributed by atoms with Gasteiger partial charge in [-0.3, -0.25) is 19.4 Å². The number of nitrogens with zero attached hydrogens (tertiary/aromatic N) is 5. The molecule has 2 aromatic heterocycles. The van der Waals surface area contributed by atoms with Gasteiger partial charge in [0.2, 0.25) is 11.8 Å². The molecule has 1 unspecified atom stereocenters. The Morgan fingerprint density at radius 1 is 1.12 bits per heavy atom. The third-order valence-electron chi connectivity index (χ3n) is 5.51. The molecule has 0 radical (unpaired) electrons. The fraction of sp³-hybridized carbons (Fsp3) is 0.348. The smallest absolute Gasteiger partial charge is 0.247 e. The molecule has 1 aromatic carbocycles. The number of rotatable bonds is 9. The fourth-order valence-corrected chi connectivity index (χ4v) is 3.91. The Morgan fingerprint density at radius 3 is 2.56 bits per heavy atom. The van der Waals surface area contributed by atoms with E-state index in [1.165, 1.54) is 23.7 Å². The number of oxazole rings is 1. The van der Waals surface area contributed by atoms with Crippen LogP contribution in [-0.2, 0) is 14.3 Å². The molecular weight excluding hydrogens is 460 g/mol. The van der Waals surface area contributed by atoms with E-state index in [1.54, 1.807) is 36.5 Å². The highest BCUT2D eigenvalue weighted by Gasteiger charge is 2.32. The van der Waals surface area contributed by atoms with Gasteiger partial charge in [-0.25, -0.2) is 4.98 Å². The van der Waals surface area contributed by atoms with E-state index >= 15 is 0 Å². The molecule has 1 atom stereocenters. The van der Waals surface area contributed by atoms with Crippen molar-refractivity contribution in [1.82, 2.24) is 25.4 Å². The summed E-state index contributed by atoms with van der Waals surface area (Å²) in [5.74, 6) is -0.448. The number of morpholine rings is 1. The Labute approximate surface area is 201 Å². The van der Waals surface area contributed by atoms with Gasteiger partial charge in [0, 0.05) is 49.2 Å². The zero-order chi connectivity index (χ0) is 23.8. The summed E-state index contributed by atoms with van der Waals surface area (Å²) in [6, 6.07) is 7.76. The number of carbonyl (C=O) groups is 2. The summed E-state index contributed by atoms with van der Waals surface area (Å²) < 4.78 is 10.7. The molecule has 1 N–H and O–H groups in total. The molecule has 1 aliphatic heterocycles. The molecule has 3 aromatic rings. The molecule has 1 aliphatic rings. The van der Waals surface area contributed by atoms with Crippen molar-refractivity contribution in [2.75, 3.05) is 50.2 Å². The van der Waals surface area contributed by atoms with Crippen molar-refractivity contribution < 1.29 is 18.7 Å². The monoisotopic (exact) mass is 484 g/mol. The first-order chi connectivity index (χ1) is 16.7. The summed E-state index contributed by atoms with van der Waals surface area (Å²) in [5, 5.41) is 10.7. The van der Waals surface area contributed by atoms with Crippen LogP contribution in [0.4, 0.5) is 5.69 Å². The van der Waals surface area contributed by atoms with Gasteiger partial charge in [-0.2, -0.15) is 10.2 Å². The second-order valence-corrected chi connectivity index (χ2v) is 7.90. The number of alkyl halides is 1. The number of benzene rings is 1. The van der Waals surface area contributed by atoms with Gasteiger partial charge in [-0.1, -0.05) is 0 Å². The van der Waals surface area contributed by atoms with Gasteiger partial charge in [0.15, 0.2) is 12.2 Å². The van der Waals surface area contributed by atoms with Crippen molar-refractivity contribution in [2.24, 2.45) is 0 Å². The number of ether oxygens (including phenoxy) is 1. The molecule has 2 amide bonds. The largest absolute Gasteiger partial charge is 0.444 e. The second-order valence-electron chi connectivity index (χ2n) is 7.63. The molecule has 4 rings (SSSR count). The maximum Gasteiger partial charge on any atom is 0.247 e. The number of amides is 2. The lowest BCUT2D eigenvalue weighted by Gasteiger charge is -2.31. The van der Waals surface area contributed by atoms with Crippen LogP contribution in [0.2, 0.25) is 0 Å². The first-order valence-corrected chi connectivity index (χ1v) is 11.4. The minimum absolute atomic E-state index is 0.292. The summed E-state index contributed by atoms with van der Waals surface area (Å²) in [6.07, 6.45) is 5.91. The van der Waals surface area contributed by atoms with Gasteiger partial charge >= 0.3 is 0 Å². The summed E-state index contributed by atoms with van der Waals surface area (Å²) in [4.78, 5) is 33.9. The lowest BCUT2D eigenvalue weighted by molar-refractivity contribution is -0.126. The van der Waals surface area contributed by atoms with Crippen molar-refractivity contribution in [3.05, 3.63) is 60.9 Å². The standard InChI is InChI=1S/C23H25ClN6O4/c24-13-21(31)30(19-3-1-17(2-4-19)20-15-25-16-34-20)22(18-5-6-27-28-14-18)23(32)26-7-8-29-9-11-33-12-10-29/h1-6,14-16,22H,7-13H2,(H,26,32). The SMILES string of the molecule is O=C(NCCN1CCOCC1)C(c1ccnnc1)N(C(=O)CCl)c1ccc(-c2cnco2)cc1. The summed E-state index contributed by atoms with van der Waals surface area (Å²) >= 11 is 5.96. The number of nitrogens with one attached hydrogen (secondary N) is 1. The first kappa shape index (κ1) is 23.8. The zero-order valence-electron chi connectivity index (χ0n) is 18.5. The Kier molecular flexibility index (Phi) is 8.18. The van der Waals surface area contributed by atoms with Crippen molar-refractivity contribution in [3.63, 3.8) is 0 Å². The Morgan fingerprint density at radius 2 is 1.91 bits per heavy atom. The number of hydrogen-bond donors (Lipinski definition) is 1. The normalized spacial score (nSPS) is 15.0. The molecule has 0 bridgehead atoms. The first-order valence-electron chi connectivity index (χ1n) is 10.9. The van der Waals surface area contributed by atoms with E-state index in [2.05, 4.69) is 25.4 Å². The minimum Gasteiger partial charge on any atom is -0.444 e. The van der Waals surface area contributed by atoms with Crippen LogP contribution >= 0.6 is 11.6 Å². The third kappa shape index (κ3) is 5.77. The summed E-state index contributed by atoms with van der Waals surface area (Å²) in [5.41, 5.74) is 1.83. The molecule has 1 fully saturated rings. The molecule has 0 spiro atoms. The van der Waals surface area contributed by atoms with Crippen LogP contribution in [0.1, 0.15) is 11.6 Å². The van der Waals surface area contributed by atoms with E-state index in [0.29, 0.717) is 43.3 Å². The Bertz CT molecular complexity index is 1060. The predicted octanol–water partition coefficient (Wildman–Crippen LogP) is 1.89. The van der Waals surface area contributed by atoms with Crippen LogP contribution in [0.5, 0.6) is 0 Å². The predicted molar refractivity (Wildman–Crippen MR) is 125 cm³/mol. The maximum atomic E-state index is 13.4. The van der Waals surface area contributed by atoms with Crippen LogP contribution in [0.25, 0.3) is 11.3 Å². The molecule has 34 heavy (non-hydrogen) atoms. The van der Waals surface area contributed by atoms with Crippen molar-refractivity contribution in [1.29, 1.82) is 0 Å². The second kappa shape index (κ2) is 11.7. The average Bonchev–Trinajstić information content (AvgIpc) is 3.43. The van der Waals surface area contributed by atoms with Gasteiger partial charge in [-0.15, -0.1) is 11.6 Å². The molecule has 0 aliphatic carbocycles. The van der Waals surface area contributed by atoms with E-state index in [1.807, 2.05) is 0 Å². The molecule has 0 saturated carbocycles. The van der Waals surface area contributed by atoms with E-state index in [9.17, 15) is 9.59 Å². The Balaban J connectivity index is 1.58. The van der Waals surface area contributed by atoms with Crippen molar-refractivity contribution in [2.45, 2.75) is 6.04 Å². The van der Waals surface area contributed by atoms with Crippen LogP contribution in [0, 0.1) is 0 Å². The van der Waals surface area contributed by atoms with Crippen LogP contribution in [0.15, 0.2) is 59.7 Å². The van der Waals surface area contributed by atoms with Gasteiger partial charge in [-0.05, 0) is 30.3 Å². The molecule has 11 heteroatoms. The Hall–Kier alpha value is -3.34. The van der Waals surface area contributed by atoms with E-state index in [-0.39, 0.29) is 11.8 Å². The van der Waals surface area contributed by atoms with E-state index < -0.39 is 11.9 Å². The number of anilines is 1. The minimum atomic E-state index is -0.970. The number of halogens is 1. The summed E-state index contributed by atoms with van der Waals surface area (Å²) in [6.45, 7) is 4.12. The third-order valence-corrected chi connectivity index (χ3v) is 5.73. The lowest BCUT2D eigenvalue weighted by Crippen LogP contribution is -2.47. The topological polar surface area (TPSA) is 114 Å². The highest BCUT2D eigenvalue weighted by molar-refractivity contribution is 6.29. The molecular formula is C23H25ClN6O4. The van der Waals surface area contributed by atoms with Gasteiger partial charge in [0.25, 0.3) is 0 Å². The molecule has 3 heterocycles. The van der Waals surface area contributed by atoms with E-state index in [4.69, 9.17) is 20.8 Å². The van der Waals surface area contributed by atoms with Crippen LogP contribution in [-0.4, -0.2) is 77.2 Å². The number of carbonyl (C=O) groups excluding carboxylic acids is 2. The zero-order valence-corrected chi connectivity index (χ0v) is 19.2. The van der Waals surface area contributed by atoms with Gasteiger partial charge in [0.1, 0.15) is 11.9 Å². The van der Waals surface area contributed by atoms with Crippen molar-refractivity contribution >= 4 is 29.1 Å². The molecule has 10 nitrogen and oxygen atoms in total. The van der Waals surface area contributed by atoms with Crippen LogP contribution < -0.4 is 10.2 Å². The van der Waals surface area contributed by atoms with Gasteiger partial charge in [0.05, 0.1) is 25.6 Å². The van der Waals surface area contributed by atoms with E-state index in [0.717, 1.165) is 18.7 Å². The highest BCUT2D eigenvalue weighted by atomic mass is 35.5. The average molecular weight is 485 g/mol. The highest BCUT2D eigenvalue weighted by Crippen LogP contribution is 2.30. The maximum absolute atomic E-state index is 13.4. The number of aromatic nitrogens is 3. The van der Waals surface area contributed by atoms with Gasteiger partial charge < -0.3 is 14.5 Å². The molecule has 178 valence electrons. The molecule has 1 saturated heterocycles. The summed E-state index contributed by atoms with van der Waals surface area (Å²) in [7, 11) is 0. The fourth-order valence-electron chi connectivity index (χ4n) is 3.79. The van der Waals surface area contributed by atoms with Crippen molar-refractivity contribution in [3.8, 4) is 11.3 Å². The number of hydrogen-bond acceptors (Lipinski definition) is 8.